The Morgan fingerprint density at radius 2 is 0.732 bits per heavy atom. The van der Waals surface area contributed by atoms with Gasteiger partial charge < -0.3 is 4.90 Å². The third-order valence-electron chi connectivity index (χ3n) is 7.22. The molecule has 0 bridgehead atoms. The zero-order valence-corrected chi connectivity index (χ0v) is 25.2. The van der Waals surface area contributed by atoms with Crippen LogP contribution in [0.4, 0.5) is 5.69 Å². The van der Waals surface area contributed by atoms with E-state index >= 15 is 0 Å². The monoisotopic (exact) mass is 565 g/mol. The van der Waals surface area contributed by atoms with Crippen molar-refractivity contribution in [3.05, 3.63) is 164 Å². The van der Waals surface area contributed by atoms with Crippen molar-refractivity contribution in [3.8, 4) is 11.1 Å². The fourth-order valence-electron chi connectivity index (χ4n) is 5.41. The molecule has 6 aromatic rings. The molecular weight excluding hydrogens is 532 g/mol. The highest BCUT2D eigenvalue weighted by atomic mass is 31.1. The molecule has 41 heavy (non-hydrogen) atoms. The maximum Gasteiger partial charge on any atom is 0.0447 e. The van der Waals surface area contributed by atoms with Crippen LogP contribution >= 0.6 is 15.8 Å². The molecule has 0 aromatic heterocycles. The summed E-state index contributed by atoms with van der Waals surface area (Å²) in [6, 6.07) is 60.0. The summed E-state index contributed by atoms with van der Waals surface area (Å²) in [6.07, 6.45) is 0. The minimum Gasteiger partial charge on any atom is -0.377 e. The van der Waals surface area contributed by atoms with Crippen LogP contribution < -0.4 is 36.7 Å². The largest absolute Gasteiger partial charge is 0.377 e. The molecule has 0 aliphatic carbocycles. The lowest BCUT2D eigenvalue weighted by Gasteiger charge is -2.29. The van der Waals surface area contributed by atoms with E-state index in [-0.39, 0.29) is 0 Å². The fourth-order valence-corrected chi connectivity index (χ4v) is 10.4. The van der Waals surface area contributed by atoms with E-state index in [1.165, 1.54) is 48.6 Å². The minimum atomic E-state index is -0.791. The Morgan fingerprint density at radius 1 is 0.366 bits per heavy atom. The summed E-state index contributed by atoms with van der Waals surface area (Å²) in [7, 11) is 2.76. The van der Waals surface area contributed by atoms with Crippen molar-refractivity contribution in [3.63, 3.8) is 0 Å². The number of rotatable bonds is 8. The second kappa shape index (κ2) is 12.7. The molecule has 0 aliphatic heterocycles. The van der Waals surface area contributed by atoms with E-state index in [1.807, 2.05) is 0 Å². The molecule has 0 heterocycles. The Balaban J connectivity index is 1.65. The van der Waals surface area contributed by atoms with Crippen LogP contribution in [0.2, 0.25) is 0 Å². The zero-order chi connectivity index (χ0) is 28.0. The molecule has 6 aromatic carbocycles. The summed E-state index contributed by atoms with van der Waals surface area (Å²) < 4.78 is 0. The van der Waals surface area contributed by atoms with Crippen molar-refractivity contribution in [2.45, 2.75) is 0 Å². The van der Waals surface area contributed by atoms with Crippen molar-refractivity contribution < 1.29 is 0 Å². The highest BCUT2D eigenvalue weighted by molar-refractivity contribution is 7.80. The van der Waals surface area contributed by atoms with Gasteiger partial charge in [0.1, 0.15) is 0 Å². The summed E-state index contributed by atoms with van der Waals surface area (Å²) in [5.41, 5.74) is 3.88. The molecule has 0 aliphatic rings. The summed E-state index contributed by atoms with van der Waals surface area (Å²) in [6.45, 7) is 0. The molecule has 3 heteroatoms. The first kappa shape index (κ1) is 27.2. The van der Waals surface area contributed by atoms with Crippen LogP contribution in [-0.2, 0) is 0 Å². The van der Waals surface area contributed by atoms with Crippen molar-refractivity contribution in [2.24, 2.45) is 0 Å². The van der Waals surface area contributed by atoms with Crippen molar-refractivity contribution in [2.75, 3.05) is 19.0 Å². The maximum atomic E-state index is 2.36. The van der Waals surface area contributed by atoms with Crippen molar-refractivity contribution in [1.82, 2.24) is 0 Å². The average molecular weight is 566 g/mol. The topological polar surface area (TPSA) is 3.24 Å². The van der Waals surface area contributed by atoms with Crippen LogP contribution in [-0.4, -0.2) is 14.1 Å². The fraction of sp³-hybridized carbons (Fsp3) is 0.0526. The van der Waals surface area contributed by atoms with E-state index < -0.39 is 15.8 Å². The molecule has 0 spiro atoms. The first-order chi connectivity index (χ1) is 20.2. The van der Waals surface area contributed by atoms with Gasteiger partial charge in [0.05, 0.1) is 0 Å². The highest BCUT2D eigenvalue weighted by Crippen LogP contribution is 2.43. The van der Waals surface area contributed by atoms with E-state index in [9.17, 15) is 0 Å². The molecular formula is C38H33NP2. The van der Waals surface area contributed by atoms with Crippen molar-refractivity contribution >= 4 is 53.4 Å². The van der Waals surface area contributed by atoms with E-state index in [0.717, 1.165) is 0 Å². The Bertz CT molecular complexity index is 1620. The molecule has 0 unspecified atom stereocenters. The number of hydrogen-bond acceptors (Lipinski definition) is 1. The number of hydrogen-bond donors (Lipinski definition) is 0. The average Bonchev–Trinajstić information content (AvgIpc) is 3.04. The van der Waals surface area contributed by atoms with Gasteiger partial charge in [0.15, 0.2) is 0 Å². The Labute approximate surface area is 246 Å². The zero-order valence-electron chi connectivity index (χ0n) is 23.4. The van der Waals surface area contributed by atoms with Gasteiger partial charge in [-0.1, -0.05) is 158 Å². The van der Waals surface area contributed by atoms with Crippen LogP contribution in [0.1, 0.15) is 0 Å². The van der Waals surface area contributed by atoms with Crippen LogP contribution in [0, 0.1) is 0 Å². The molecule has 6 rings (SSSR count). The van der Waals surface area contributed by atoms with E-state index in [4.69, 9.17) is 0 Å². The predicted molar refractivity (Wildman–Crippen MR) is 184 cm³/mol. The van der Waals surface area contributed by atoms with Crippen LogP contribution in [0.15, 0.2) is 164 Å². The summed E-state index contributed by atoms with van der Waals surface area (Å²) in [5, 5.41) is 8.20. The first-order valence-electron chi connectivity index (χ1n) is 13.9. The van der Waals surface area contributed by atoms with Gasteiger partial charge in [0.2, 0.25) is 0 Å². The van der Waals surface area contributed by atoms with E-state index in [0.29, 0.717) is 0 Å². The van der Waals surface area contributed by atoms with Crippen LogP contribution in [0.3, 0.4) is 0 Å². The molecule has 0 atom stereocenters. The van der Waals surface area contributed by atoms with Gasteiger partial charge in [-0.05, 0) is 59.3 Å². The van der Waals surface area contributed by atoms with Gasteiger partial charge in [0.25, 0.3) is 0 Å². The molecule has 0 amide bonds. The molecule has 1 nitrogen and oxygen atoms in total. The van der Waals surface area contributed by atoms with Gasteiger partial charge in [-0.3, -0.25) is 0 Å². The predicted octanol–water partition coefficient (Wildman–Crippen LogP) is 6.94. The lowest BCUT2D eigenvalue weighted by atomic mass is 10.0. The second-order valence-electron chi connectivity index (χ2n) is 10.1. The van der Waals surface area contributed by atoms with Gasteiger partial charge in [-0.15, -0.1) is 0 Å². The molecule has 200 valence electrons. The van der Waals surface area contributed by atoms with E-state index in [1.54, 1.807) is 0 Å². The normalized spacial score (nSPS) is 11.1. The number of nitrogens with zero attached hydrogens (tertiary/aromatic N) is 1. The minimum absolute atomic E-state index is 0.774. The molecule has 0 radical (unpaired) electrons. The number of benzene rings is 6. The third kappa shape index (κ3) is 5.75. The maximum absolute atomic E-state index is 2.36. The summed E-state index contributed by atoms with van der Waals surface area (Å²) >= 11 is 0. The van der Waals surface area contributed by atoms with Crippen molar-refractivity contribution in [1.29, 1.82) is 0 Å². The third-order valence-corrected chi connectivity index (χ3v) is 12.2. The smallest absolute Gasteiger partial charge is 0.0447 e. The highest BCUT2D eigenvalue weighted by Gasteiger charge is 2.27. The first-order valence-corrected chi connectivity index (χ1v) is 16.6. The van der Waals surface area contributed by atoms with Gasteiger partial charge in [0, 0.05) is 25.3 Å². The lowest BCUT2D eigenvalue weighted by Crippen LogP contribution is -2.27. The Kier molecular flexibility index (Phi) is 8.39. The molecule has 0 N–H and O–H groups in total. The Morgan fingerprint density at radius 3 is 1.17 bits per heavy atom. The molecule has 0 saturated carbocycles. The quantitative estimate of drug-likeness (QED) is 0.181. The summed E-state index contributed by atoms with van der Waals surface area (Å²) in [5.74, 6) is 0. The van der Waals surface area contributed by atoms with Gasteiger partial charge >= 0.3 is 0 Å². The summed E-state index contributed by atoms with van der Waals surface area (Å²) in [4.78, 5) is 2.27. The van der Waals surface area contributed by atoms with Gasteiger partial charge in [-0.25, -0.2) is 0 Å². The number of anilines is 1. The second-order valence-corrected chi connectivity index (χ2v) is 14.5. The molecule has 0 saturated heterocycles. The van der Waals surface area contributed by atoms with Gasteiger partial charge in [-0.2, -0.15) is 0 Å². The van der Waals surface area contributed by atoms with E-state index in [2.05, 4.69) is 183 Å². The Hall–Kier alpha value is -4.02. The lowest BCUT2D eigenvalue weighted by molar-refractivity contribution is 1.14. The van der Waals surface area contributed by atoms with Crippen LogP contribution in [0.5, 0.6) is 0 Å². The standard InChI is InChI=1S/C38H33NP2/c1-39(2)35-27-17-29-37(41(32-22-11-5-12-23-32)33-24-13-6-14-25-33)38(35)34-26-15-16-28-36(34)40(30-18-7-3-8-19-30)31-20-9-4-10-21-31/h3-29H,1-2H3. The SMILES string of the molecule is CN(C)c1cccc(P(c2ccccc2)c2ccccc2)c1-c1ccccc1P(c1ccccc1)c1ccccc1. The molecule has 0 fully saturated rings. The van der Waals surface area contributed by atoms with Crippen LogP contribution in [0.25, 0.3) is 11.1 Å².